The van der Waals surface area contributed by atoms with Crippen LogP contribution in [-0.2, 0) is 11.2 Å². The van der Waals surface area contributed by atoms with Crippen molar-refractivity contribution >= 4 is 45.7 Å². The molecule has 0 aliphatic carbocycles. The van der Waals surface area contributed by atoms with Crippen molar-refractivity contribution < 1.29 is 24.5 Å². The van der Waals surface area contributed by atoms with Gasteiger partial charge in [-0.3, -0.25) is 14.2 Å². The first-order valence-corrected chi connectivity index (χ1v) is 8.50. The SMILES string of the molecule is COc1cc2c(CC(=O)O)c(C)n(C(=O)c3csc(O)c3)c2cc1Cl. The fourth-order valence-corrected chi connectivity index (χ4v) is 3.69. The number of aromatic hydroxyl groups is 1. The molecule has 3 rings (SSSR count). The number of nitrogens with zero attached hydrogens (tertiary/aromatic N) is 1. The Balaban J connectivity index is 2.30. The number of thiophene rings is 1. The van der Waals surface area contributed by atoms with E-state index in [0.717, 1.165) is 11.3 Å². The molecule has 3 aromatic rings. The number of aromatic nitrogens is 1. The van der Waals surface area contributed by atoms with Crippen molar-refractivity contribution in [1.82, 2.24) is 4.57 Å². The smallest absolute Gasteiger partial charge is 0.307 e. The monoisotopic (exact) mass is 379 g/mol. The van der Waals surface area contributed by atoms with Gasteiger partial charge in [0.05, 0.1) is 29.6 Å². The summed E-state index contributed by atoms with van der Waals surface area (Å²) in [6, 6.07) is 4.59. The van der Waals surface area contributed by atoms with Crippen LogP contribution >= 0.6 is 22.9 Å². The van der Waals surface area contributed by atoms with Gasteiger partial charge in [-0.1, -0.05) is 11.6 Å². The lowest BCUT2D eigenvalue weighted by Crippen LogP contribution is -2.13. The Morgan fingerprint density at radius 3 is 2.60 bits per heavy atom. The molecule has 6 nitrogen and oxygen atoms in total. The maximum atomic E-state index is 12.9. The molecule has 2 N–H and O–H groups in total. The van der Waals surface area contributed by atoms with Gasteiger partial charge in [-0.25, -0.2) is 0 Å². The predicted octanol–water partition coefficient (Wildman–Crippen LogP) is 3.69. The molecule has 0 fully saturated rings. The lowest BCUT2D eigenvalue weighted by Gasteiger charge is -2.07. The maximum Gasteiger partial charge on any atom is 0.307 e. The van der Waals surface area contributed by atoms with Crippen LogP contribution in [0.4, 0.5) is 0 Å². The van der Waals surface area contributed by atoms with Crippen LogP contribution in [0, 0.1) is 6.92 Å². The number of hydrogen-bond acceptors (Lipinski definition) is 5. The highest BCUT2D eigenvalue weighted by molar-refractivity contribution is 7.12. The molecular formula is C17H14ClNO5S. The molecule has 0 aliphatic heterocycles. The van der Waals surface area contributed by atoms with Gasteiger partial charge in [-0.05, 0) is 24.6 Å². The molecule has 1 aromatic carbocycles. The molecule has 25 heavy (non-hydrogen) atoms. The average Bonchev–Trinajstić information content (AvgIpc) is 3.08. The van der Waals surface area contributed by atoms with Gasteiger partial charge in [0.1, 0.15) is 5.75 Å². The Morgan fingerprint density at radius 1 is 1.32 bits per heavy atom. The van der Waals surface area contributed by atoms with Crippen molar-refractivity contribution in [2.75, 3.05) is 7.11 Å². The highest BCUT2D eigenvalue weighted by Crippen LogP contribution is 2.36. The highest BCUT2D eigenvalue weighted by Gasteiger charge is 2.23. The van der Waals surface area contributed by atoms with E-state index in [-0.39, 0.29) is 17.4 Å². The van der Waals surface area contributed by atoms with E-state index < -0.39 is 5.97 Å². The summed E-state index contributed by atoms with van der Waals surface area (Å²) in [6.45, 7) is 1.68. The van der Waals surface area contributed by atoms with E-state index in [0.29, 0.717) is 38.5 Å². The fraction of sp³-hybridized carbons (Fsp3) is 0.176. The largest absolute Gasteiger partial charge is 0.499 e. The molecule has 0 spiro atoms. The number of carboxylic acid groups (broad SMARTS) is 1. The number of methoxy groups -OCH3 is 1. The van der Waals surface area contributed by atoms with Crippen LogP contribution in [-0.4, -0.2) is 33.8 Å². The first-order chi connectivity index (χ1) is 11.8. The molecule has 0 saturated carbocycles. The number of ether oxygens (including phenoxy) is 1. The summed E-state index contributed by atoms with van der Waals surface area (Å²) in [5.74, 6) is -0.966. The number of halogens is 1. The minimum atomic E-state index is -1.00. The molecule has 0 bridgehead atoms. The normalized spacial score (nSPS) is 11.0. The van der Waals surface area contributed by atoms with Gasteiger partial charge in [-0.2, -0.15) is 0 Å². The summed E-state index contributed by atoms with van der Waals surface area (Å²) < 4.78 is 6.62. The first-order valence-electron chi connectivity index (χ1n) is 7.25. The van der Waals surface area contributed by atoms with E-state index in [1.807, 2.05) is 0 Å². The fourth-order valence-electron chi connectivity index (χ4n) is 2.84. The van der Waals surface area contributed by atoms with Gasteiger partial charge in [0.15, 0.2) is 5.06 Å². The van der Waals surface area contributed by atoms with E-state index in [9.17, 15) is 19.8 Å². The molecule has 2 aromatic heterocycles. The van der Waals surface area contributed by atoms with Crippen molar-refractivity contribution in [1.29, 1.82) is 0 Å². The van der Waals surface area contributed by atoms with Crippen LogP contribution in [0.25, 0.3) is 10.9 Å². The summed E-state index contributed by atoms with van der Waals surface area (Å²) in [5, 5.41) is 21.2. The maximum absolute atomic E-state index is 12.9. The van der Waals surface area contributed by atoms with Crippen molar-refractivity contribution in [3.05, 3.63) is 45.4 Å². The quantitative estimate of drug-likeness (QED) is 0.721. The minimum Gasteiger partial charge on any atom is -0.499 e. The molecule has 130 valence electrons. The van der Waals surface area contributed by atoms with Crippen molar-refractivity contribution in [3.8, 4) is 10.8 Å². The summed E-state index contributed by atoms with van der Waals surface area (Å²) >= 11 is 7.24. The Hall–Kier alpha value is -2.51. The summed E-state index contributed by atoms with van der Waals surface area (Å²) in [6.07, 6.45) is -0.234. The summed E-state index contributed by atoms with van der Waals surface area (Å²) in [5.41, 5.74) is 1.84. The molecular weight excluding hydrogens is 366 g/mol. The van der Waals surface area contributed by atoms with Crippen LogP contribution in [0.3, 0.4) is 0 Å². The van der Waals surface area contributed by atoms with E-state index >= 15 is 0 Å². The Labute approximate surface area is 151 Å². The molecule has 0 atom stereocenters. The van der Waals surface area contributed by atoms with Crippen LogP contribution in [0.2, 0.25) is 5.02 Å². The molecule has 0 unspecified atom stereocenters. The van der Waals surface area contributed by atoms with Gasteiger partial charge in [0.25, 0.3) is 5.91 Å². The zero-order valence-corrected chi connectivity index (χ0v) is 14.9. The molecule has 0 radical (unpaired) electrons. The Kier molecular flexibility index (Phi) is 4.45. The number of hydrogen-bond donors (Lipinski definition) is 2. The second-order valence-corrected chi connectivity index (χ2v) is 6.75. The number of carboxylic acids is 1. The molecule has 0 amide bonds. The average molecular weight is 380 g/mol. The van der Waals surface area contributed by atoms with E-state index in [4.69, 9.17) is 16.3 Å². The third-order valence-electron chi connectivity index (χ3n) is 3.97. The number of carbonyl (C=O) groups excluding carboxylic acids is 1. The third-order valence-corrected chi connectivity index (χ3v) is 5.00. The zero-order chi connectivity index (χ0) is 18.3. The molecule has 8 heteroatoms. The van der Waals surface area contributed by atoms with Crippen LogP contribution in [0.1, 0.15) is 21.6 Å². The summed E-state index contributed by atoms with van der Waals surface area (Å²) in [7, 11) is 1.47. The predicted molar refractivity (Wildman–Crippen MR) is 95.3 cm³/mol. The first kappa shape index (κ1) is 17.3. The van der Waals surface area contributed by atoms with Crippen LogP contribution in [0.5, 0.6) is 10.8 Å². The standard InChI is InChI=1S/C17H14ClNO5S/c1-8-10(5-15(20)21)11-4-14(24-2)12(18)6-13(11)19(8)17(23)9-3-16(22)25-7-9/h3-4,6-7,22H,5H2,1-2H3,(H,20,21). The molecule has 0 aliphatic rings. The number of rotatable bonds is 4. The molecule has 2 heterocycles. The van der Waals surface area contributed by atoms with E-state index in [1.165, 1.54) is 17.7 Å². The zero-order valence-electron chi connectivity index (χ0n) is 13.4. The van der Waals surface area contributed by atoms with Gasteiger partial charge < -0.3 is 14.9 Å². The van der Waals surface area contributed by atoms with Crippen LogP contribution < -0.4 is 4.74 Å². The number of carbonyl (C=O) groups is 2. The van der Waals surface area contributed by atoms with E-state index in [2.05, 4.69) is 0 Å². The number of aliphatic carboxylic acids is 1. The summed E-state index contributed by atoms with van der Waals surface area (Å²) in [4.78, 5) is 24.2. The lowest BCUT2D eigenvalue weighted by atomic mass is 10.1. The van der Waals surface area contributed by atoms with Crippen molar-refractivity contribution in [3.63, 3.8) is 0 Å². The number of benzene rings is 1. The van der Waals surface area contributed by atoms with Crippen LogP contribution in [0.15, 0.2) is 23.6 Å². The van der Waals surface area contributed by atoms with Gasteiger partial charge in [0.2, 0.25) is 0 Å². The lowest BCUT2D eigenvalue weighted by molar-refractivity contribution is -0.136. The third kappa shape index (κ3) is 2.96. The van der Waals surface area contributed by atoms with Gasteiger partial charge in [0, 0.05) is 22.5 Å². The van der Waals surface area contributed by atoms with Crippen molar-refractivity contribution in [2.45, 2.75) is 13.3 Å². The second-order valence-electron chi connectivity index (χ2n) is 5.45. The van der Waals surface area contributed by atoms with Gasteiger partial charge in [-0.15, -0.1) is 11.3 Å². The minimum absolute atomic E-state index is 0.0305. The highest BCUT2D eigenvalue weighted by atomic mass is 35.5. The molecule has 0 saturated heterocycles. The van der Waals surface area contributed by atoms with Crippen molar-refractivity contribution in [2.24, 2.45) is 0 Å². The van der Waals surface area contributed by atoms with E-state index in [1.54, 1.807) is 24.4 Å². The Bertz CT molecular complexity index is 1000. The topological polar surface area (TPSA) is 88.8 Å². The Morgan fingerprint density at radius 2 is 2.04 bits per heavy atom. The second kappa shape index (κ2) is 6.42. The van der Waals surface area contributed by atoms with Gasteiger partial charge >= 0.3 is 5.97 Å². The number of fused-ring (bicyclic) bond motifs is 1.